The first-order valence-electron chi connectivity index (χ1n) is 2.86. The van der Waals surface area contributed by atoms with Gasteiger partial charge in [0.05, 0.1) is 6.61 Å². The van der Waals surface area contributed by atoms with E-state index in [9.17, 15) is 0 Å². The van der Waals surface area contributed by atoms with E-state index in [4.69, 9.17) is 5.11 Å². The van der Waals surface area contributed by atoms with Gasteiger partial charge < -0.3 is 5.11 Å². The molecule has 0 aromatic rings. The zero-order valence-electron chi connectivity index (χ0n) is 4.67. The second-order valence-electron chi connectivity index (χ2n) is 1.87. The van der Waals surface area contributed by atoms with Crippen molar-refractivity contribution in [3.63, 3.8) is 0 Å². The molecule has 0 aromatic heterocycles. The zero-order chi connectivity index (χ0) is 5.82. The molecule has 0 aromatic carbocycles. The van der Waals surface area contributed by atoms with Gasteiger partial charge >= 0.3 is 0 Å². The molecule has 1 aliphatic heterocycles. The van der Waals surface area contributed by atoms with Crippen LogP contribution in [0.1, 0.15) is 19.3 Å². The van der Waals surface area contributed by atoms with E-state index in [-0.39, 0.29) is 0 Å². The van der Waals surface area contributed by atoms with Crippen molar-refractivity contribution in [1.82, 2.24) is 0 Å². The van der Waals surface area contributed by atoms with Gasteiger partial charge in [0, 0.05) is 6.42 Å². The van der Waals surface area contributed by atoms with Crippen molar-refractivity contribution < 1.29 is 14.9 Å². The van der Waals surface area contributed by atoms with Gasteiger partial charge in [-0.25, -0.2) is 9.78 Å². The van der Waals surface area contributed by atoms with E-state index >= 15 is 0 Å². The number of aliphatic hydroxyl groups is 1. The second-order valence-corrected chi connectivity index (χ2v) is 1.87. The lowest BCUT2D eigenvalue weighted by Gasteiger charge is -2.02. The Morgan fingerprint density at radius 2 is 2.25 bits per heavy atom. The minimum atomic E-state index is -0.697. The summed E-state index contributed by atoms with van der Waals surface area (Å²) in [6.45, 7) is 0.608. The molecule has 8 heavy (non-hydrogen) atoms. The molecule has 1 unspecified atom stereocenters. The summed E-state index contributed by atoms with van der Waals surface area (Å²) in [5, 5.41) is 8.74. The molecule has 1 saturated heterocycles. The molecular weight excluding hydrogens is 108 g/mol. The maximum absolute atomic E-state index is 8.74. The van der Waals surface area contributed by atoms with Crippen molar-refractivity contribution in [1.29, 1.82) is 0 Å². The van der Waals surface area contributed by atoms with Crippen molar-refractivity contribution in [2.75, 3.05) is 6.61 Å². The third kappa shape index (κ3) is 1.78. The van der Waals surface area contributed by atoms with Gasteiger partial charge in [0.25, 0.3) is 0 Å². The van der Waals surface area contributed by atoms with Crippen molar-refractivity contribution in [2.45, 2.75) is 25.6 Å². The van der Waals surface area contributed by atoms with E-state index in [1.54, 1.807) is 0 Å². The monoisotopic (exact) mass is 118 g/mol. The van der Waals surface area contributed by atoms with Crippen molar-refractivity contribution >= 4 is 0 Å². The third-order valence-corrected chi connectivity index (χ3v) is 1.11. The highest BCUT2D eigenvalue weighted by atomic mass is 17.2. The van der Waals surface area contributed by atoms with Gasteiger partial charge in [0.2, 0.25) is 0 Å². The molecule has 48 valence electrons. The quantitative estimate of drug-likeness (QED) is 0.469. The van der Waals surface area contributed by atoms with Gasteiger partial charge in [-0.3, -0.25) is 0 Å². The predicted molar refractivity (Wildman–Crippen MR) is 26.9 cm³/mol. The first kappa shape index (κ1) is 6.01. The average molecular weight is 118 g/mol. The molecule has 1 aliphatic rings. The summed E-state index contributed by atoms with van der Waals surface area (Å²) >= 11 is 0. The molecule has 3 nitrogen and oxygen atoms in total. The molecule has 0 radical (unpaired) electrons. The fourth-order valence-corrected chi connectivity index (χ4v) is 0.655. The molecule has 0 bridgehead atoms. The molecular formula is C5H10O3. The first-order chi connectivity index (χ1) is 3.89. The minimum Gasteiger partial charge on any atom is -0.366 e. The molecule has 3 heteroatoms. The van der Waals surface area contributed by atoms with Crippen LogP contribution in [-0.4, -0.2) is 18.0 Å². The Labute approximate surface area is 48.1 Å². The molecule has 1 heterocycles. The van der Waals surface area contributed by atoms with Gasteiger partial charge in [-0.2, -0.15) is 0 Å². The Morgan fingerprint density at radius 3 is 3.12 bits per heavy atom. The minimum absolute atomic E-state index is 0.608. The van der Waals surface area contributed by atoms with Crippen LogP contribution in [0.3, 0.4) is 0 Å². The Kier molecular flexibility index (Phi) is 2.27. The van der Waals surface area contributed by atoms with Gasteiger partial charge in [-0.05, 0) is 12.8 Å². The Balaban J connectivity index is 2.17. The van der Waals surface area contributed by atoms with Gasteiger partial charge in [0.15, 0.2) is 6.29 Å². The van der Waals surface area contributed by atoms with Crippen LogP contribution in [0.4, 0.5) is 0 Å². The van der Waals surface area contributed by atoms with E-state index < -0.39 is 6.29 Å². The molecule has 1 N–H and O–H groups in total. The SMILES string of the molecule is OC1CCCCOO1. The summed E-state index contributed by atoms with van der Waals surface area (Å²) < 4.78 is 0. The van der Waals surface area contributed by atoms with Gasteiger partial charge in [-0.1, -0.05) is 0 Å². The first-order valence-corrected chi connectivity index (χ1v) is 2.86. The van der Waals surface area contributed by atoms with Crippen LogP contribution in [-0.2, 0) is 9.78 Å². The molecule has 0 saturated carbocycles. The Hall–Kier alpha value is -0.120. The molecule has 0 amide bonds. The lowest BCUT2D eigenvalue weighted by molar-refractivity contribution is -0.362. The molecule has 0 spiro atoms. The van der Waals surface area contributed by atoms with Crippen molar-refractivity contribution in [3.05, 3.63) is 0 Å². The standard InChI is InChI=1S/C5H10O3/c6-5-3-1-2-4-7-8-5/h5-6H,1-4H2. The largest absolute Gasteiger partial charge is 0.366 e. The highest BCUT2D eigenvalue weighted by Crippen LogP contribution is 2.07. The Bertz CT molecular complexity index is 56.7. The summed E-state index contributed by atoms with van der Waals surface area (Å²) in [7, 11) is 0. The summed E-state index contributed by atoms with van der Waals surface area (Å²) in [5.41, 5.74) is 0. The molecule has 1 rings (SSSR count). The van der Waals surface area contributed by atoms with Gasteiger partial charge in [0.1, 0.15) is 0 Å². The maximum Gasteiger partial charge on any atom is 0.188 e. The second kappa shape index (κ2) is 3.02. The van der Waals surface area contributed by atoms with E-state index in [1.807, 2.05) is 0 Å². The van der Waals surface area contributed by atoms with Crippen LogP contribution in [0, 0.1) is 0 Å². The fraction of sp³-hybridized carbons (Fsp3) is 1.00. The van der Waals surface area contributed by atoms with Crippen LogP contribution in [0.25, 0.3) is 0 Å². The number of rotatable bonds is 0. The normalized spacial score (nSPS) is 31.9. The van der Waals surface area contributed by atoms with Crippen LogP contribution in [0.2, 0.25) is 0 Å². The summed E-state index contributed by atoms with van der Waals surface area (Å²) in [4.78, 5) is 9.02. The molecule has 1 atom stereocenters. The summed E-state index contributed by atoms with van der Waals surface area (Å²) in [6.07, 6.45) is 1.97. The third-order valence-electron chi connectivity index (χ3n) is 1.11. The topological polar surface area (TPSA) is 38.7 Å². The zero-order valence-corrected chi connectivity index (χ0v) is 4.67. The smallest absolute Gasteiger partial charge is 0.188 e. The Morgan fingerprint density at radius 1 is 1.38 bits per heavy atom. The number of hydrogen-bond acceptors (Lipinski definition) is 3. The van der Waals surface area contributed by atoms with E-state index in [1.165, 1.54) is 0 Å². The number of aliphatic hydroxyl groups excluding tert-OH is 1. The van der Waals surface area contributed by atoms with Crippen LogP contribution in [0.5, 0.6) is 0 Å². The summed E-state index contributed by atoms with van der Waals surface area (Å²) in [5.74, 6) is 0. The van der Waals surface area contributed by atoms with Crippen LogP contribution in [0.15, 0.2) is 0 Å². The van der Waals surface area contributed by atoms with Crippen LogP contribution >= 0.6 is 0 Å². The van der Waals surface area contributed by atoms with E-state index in [2.05, 4.69) is 9.78 Å². The van der Waals surface area contributed by atoms with E-state index in [0.29, 0.717) is 13.0 Å². The van der Waals surface area contributed by atoms with Gasteiger partial charge in [-0.15, -0.1) is 0 Å². The lowest BCUT2D eigenvalue weighted by Crippen LogP contribution is -2.08. The van der Waals surface area contributed by atoms with Crippen LogP contribution < -0.4 is 0 Å². The number of hydrogen-bond donors (Lipinski definition) is 1. The molecule has 0 aliphatic carbocycles. The fourth-order valence-electron chi connectivity index (χ4n) is 0.655. The average Bonchev–Trinajstić information content (AvgIpc) is 1.94. The predicted octanol–water partition coefficient (Wildman–Crippen LogP) is 0.437. The van der Waals surface area contributed by atoms with Crippen molar-refractivity contribution in [2.24, 2.45) is 0 Å². The summed E-state index contributed by atoms with van der Waals surface area (Å²) in [6, 6.07) is 0. The van der Waals surface area contributed by atoms with Crippen molar-refractivity contribution in [3.8, 4) is 0 Å². The lowest BCUT2D eigenvalue weighted by atomic mass is 10.2. The molecule has 1 fully saturated rings. The highest BCUT2D eigenvalue weighted by molar-refractivity contribution is 4.44. The highest BCUT2D eigenvalue weighted by Gasteiger charge is 2.07. The maximum atomic E-state index is 8.74. The van der Waals surface area contributed by atoms with E-state index in [0.717, 1.165) is 12.8 Å².